The summed E-state index contributed by atoms with van der Waals surface area (Å²) in [5, 5.41) is 9.59. The Morgan fingerprint density at radius 2 is 2.47 bits per heavy atom. The van der Waals surface area contributed by atoms with Gasteiger partial charge in [0.15, 0.2) is 5.69 Å². The third-order valence-electron chi connectivity index (χ3n) is 2.32. The minimum absolute atomic E-state index is 0.226. The van der Waals surface area contributed by atoms with Crippen LogP contribution in [-0.2, 0) is 6.42 Å². The summed E-state index contributed by atoms with van der Waals surface area (Å²) in [7, 11) is 0. The first-order valence-electron chi connectivity index (χ1n) is 5.19. The molecule has 0 saturated heterocycles. The van der Waals surface area contributed by atoms with Gasteiger partial charge in [0.25, 0.3) is 5.91 Å². The Bertz CT molecular complexity index is 505. The number of nitrogens with zero attached hydrogens (tertiary/aromatic N) is 1. The lowest BCUT2D eigenvalue weighted by Gasteiger charge is -2.01. The first-order valence-corrected chi connectivity index (χ1v) is 5.57. The molecule has 0 aliphatic rings. The second kappa shape index (κ2) is 5.05. The normalized spacial score (nSPS) is 10.5. The van der Waals surface area contributed by atoms with Crippen LogP contribution in [0.3, 0.4) is 0 Å². The smallest absolute Gasteiger partial charge is 0.273 e. The average molecular weight is 254 g/mol. The average Bonchev–Trinajstić information content (AvgIpc) is 2.91. The number of aromatic amines is 1. The second-order valence-electron chi connectivity index (χ2n) is 3.60. The van der Waals surface area contributed by atoms with E-state index in [4.69, 9.17) is 16.0 Å². The maximum absolute atomic E-state index is 11.7. The maximum Gasteiger partial charge on any atom is 0.273 e. The number of halogens is 1. The van der Waals surface area contributed by atoms with Crippen molar-refractivity contribution in [3.05, 3.63) is 40.6 Å². The van der Waals surface area contributed by atoms with Gasteiger partial charge in [-0.3, -0.25) is 9.89 Å². The Hall–Kier alpha value is -1.75. The largest absolute Gasteiger partial charge is 0.469 e. The molecule has 0 aliphatic carbocycles. The van der Waals surface area contributed by atoms with Crippen molar-refractivity contribution < 1.29 is 9.21 Å². The quantitative estimate of drug-likeness (QED) is 0.875. The predicted molar refractivity (Wildman–Crippen MR) is 63.1 cm³/mol. The third kappa shape index (κ3) is 2.68. The van der Waals surface area contributed by atoms with Crippen LogP contribution in [0.2, 0.25) is 5.02 Å². The van der Waals surface area contributed by atoms with Crippen molar-refractivity contribution in [3.8, 4) is 0 Å². The first-order chi connectivity index (χ1) is 8.18. The molecular formula is C11H12ClN3O2. The van der Waals surface area contributed by atoms with Crippen LogP contribution >= 0.6 is 11.6 Å². The van der Waals surface area contributed by atoms with Crippen LogP contribution in [-0.4, -0.2) is 22.6 Å². The first kappa shape index (κ1) is 11.7. The van der Waals surface area contributed by atoms with Gasteiger partial charge in [0, 0.05) is 13.0 Å². The molecule has 0 unspecified atom stereocenters. The summed E-state index contributed by atoms with van der Waals surface area (Å²) in [6.07, 6.45) is 2.24. The van der Waals surface area contributed by atoms with Gasteiger partial charge in [-0.1, -0.05) is 11.6 Å². The maximum atomic E-state index is 11.7. The fourth-order valence-electron chi connectivity index (χ4n) is 1.40. The summed E-state index contributed by atoms with van der Waals surface area (Å²) in [6.45, 7) is 2.24. The highest BCUT2D eigenvalue weighted by Crippen LogP contribution is 2.16. The number of hydrogen-bond acceptors (Lipinski definition) is 3. The zero-order valence-electron chi connectivity index (χ0n) is 9.29. The van der Waals surface area contributed by atoms with Gasteiger partial charge in [-0.05, 0) is 19.1 Å². The molecule has 6 heteroatoms. The van der Waals surface area contributed by atoms with Crippen molar-refractivity contribution in [1.82, 2.24) is 15.5 Å². The zero-order chi connectivity index (χ0) is 12.3. The molecule has 2 N–H and O–H groups in total. The van der Waals surface area contributed by atoms with Gasteiger partial charge in [0.1, 0.15) is 5.76 Å². The topological polar surface area (TPSA) is 70.9 Å². The van der Waals surface area contributed by atoms with Crippen LogP contribution in [0.25, 0.3) is 0 Å². The highest BCUT2D eigenvalue weighted by atomic mass is 35.5. The summed E-state index contributed by atoms with van der Waals surface area (Å²) in [5.74, 6) is 0.542. The number of furan rings is 1. The van der Waals surface area contributed by atoms with Crippen molar-refractivity contribution in [1.29, 1.82) is 0 Å². The van der Waals surface area contributed by atoms with Crippen LogP contribution in [0.4, 0.5) is 0 Å². The van der Waals surface area contributed by atoms with E-state index in [9.17, 15) is 4.79 Å². The molecular weight excluding hydrogens is 242 g/mol. The van der Waals surface area contributed by atoms with Crippen LogP contribution in [0, 0.1) is 6.92 Å². The molecule has 17 heavy (non-hydrogen) atoms. The fraction of sp³-hybridized carbons (Fsp3) is 0.273. The van der Waals surface area contributed by atoms with Crippen molar-refractivity contribution >= 4 is 17.5 Å². The van der Waals surface area contributed by atoms with E-state index in [0.29, 0.717) is 23.7 Å². The monoisotopic (exact) mass is 253 g/mol. The summed E-state index contributed by atoms with van der Waals surface area (Å²) in [6, 6.07) is 3.67. The summed E-state index contributed by atoms with van der Waals surface area (Å²) in [5.41, 5.74) is 0.909. The van der Waals surface area contributed by atoms with Gasteiger partial charge in [-0.15, -0.1) is 0 Å². The van der Waals surface area contributed by atoms with E-state index in [1.807, 2.05) is 12.1 Å². The molecule has 0 fully saturated rings. The van der Waals surface area contributed by atoms with Crippen molar-refractivity contribution in [2.45, 2.75) is 13.3 Å². The van der Waals surface area contributed by atoms with E-state index < -0.39 is 0 Å². The number of nitrogens with one attached hydrogen (secondary N) is 2. The lowest BCUT2D eigenvalue weighted by molar-refractivity contribution is 0.0949. The van der Waals surface area contributed by atoms with Crippen molar-refractivity contribution in [2.24, 2.45) is 0 Å². The number of aryl methyl sites for hydroxylation is 1. The van der Waals surface area contributed by atoms with Crippen LogP contribution in [0.15, 0.2) is 22.8 Å². The molecule has 90 valence electrons. The predicted octanol–water partition coefficient (Wildman–Crippen LogP) is 1.94. The minimum atomic E-state index is -0.286. The highest BCUT2D eigenvalue weighted by Gasteiger charge is 2.15. The van der Waals surface area contributed by atoms with E-state index in [0.717, 1.165) is 5.76 Å². The molecule has 0 radical (unpaired) electrons. The van der Waals surface area contributed by atoms with Crippen LogP contribution < -0.4 is 5.32 Å². The summed E-state index contributed by atoms with van der Waals surface area (Å²) >= 11 is 5.91. The van der Waals surface area contributed by atoms with Crippen LogP contribution in [0.1, 0.15) is 21.9 Å². The number of H-pyrrole nitrogens is 1. The molecule has 0 spiro atoms. The standard InChI is InChI=1S/C11H12ClN3O2/c1-7-9(12)10(15-14-7)11(16)13-5-4-8-3-2-6-17-8/h2-3,6H,4-5H2,1H3,(H,13,16)(H,14,15). The summed E-state index contributed by atoms with van der Waals surface area (Å²) in [4.78, 5) is 11.7. The minimum Gasteiger partial charge on any atom is -0.469 e. The number of aromatic nitrogens is 2. The van der Waals surface area contributed by atoms with Gasteiger partial charge in [-0.25, -0.2) is 0 Å². The molecule has 0 saturated carbocycles. The van der Waals surface area contributed by atoms with E-state index in [1.165, 1.54) is 0 Å². The Morgan fingerprint density at radius 1 is 1.65 bits per heavy atom. The molecule has 0 atom stereocenters. The molecule has 1 amide bonds. The van der Waals surface area contributed by atoms with E-state index in [2.05, 4.69) is 15.5 Å². The molecule has 0 aromatic carbocycles. The van der Waals surface area contributed by atoms with Gasteiger partial charge in [0.05, 0.1) is 17.0 Å². The molecule has 0 bridgehead atoms. The number of rotatable bonds is 4. The van der Waals surface area contributed by atoms with Crippen molar-refractivity contribution in [2.75, 3.05) is 6.54 Å². The van der Waals surface area contributed by atoms with Crippen molar-refractivity contribution in [3.63, 3.8) is 0 Å². The molecule has 5 nitrogen and oxygen atoms in total. The van der Waals surface area contributed by atoms with Gasteiger partial charge < -0.3 is 9.73 Å². The lowest BCUT2D eigenvalue weighted by Crippen LogP contribution is -2.26. The Labute approximate surface area is 103 Å². The Kier molecular flexibility index (Phi) is 3.49. The van der Waals surface area contributed by atoms with Gasteiger partial charge in [0.2, 0.25) is 0 Å². The Morgan fingerprint density at radius 3 is 3.06 bits per heavy atom. The summed E-state index contributed by atoms with van der Waals surface area (Å²) < 4.78 is 5.15. The molecule has 2 aromatic heterocycles. The highest BCUT2D eigenvalue weighted by molar-refractivity contribution is 6.34. The molecule has 2 heterocycles. The fourth-order valence-corrected chi connectivity index (χ4v) is 1.57. The molecule has 2 aromatic rings. The second-order valence-corrected chi connectivity index (χ2v) is 3.97. The number of hydrogen-bond donors (Lipinski definition) is 2. The SMILES string of the molecule is Cc1[nH]nc(C(=O)NCCc2ccco2)c1Cl. The number of carbonyl (C=O) groups is 1. The Balaban J connectivity index is 1.87. The van der Waals surface area contributed by atoms with Gasteiger partial charge >= 0.3 is 0 Å². The van der Waals surface area contributed by atoms with Gasteiger partial charge in [-0.2, -0.15) is 5.10 Å². The van der Waals surface area contributed by atoms with Crippen LogP contribution in [0.5, 0.6) is 0 Å². The third-order valence-corrected chi connectivity index (χ3v) is 2.79. The number of amides is 1. The zero-order valence-corrected chi connectivity index (χ0v) is 10.0. The number of carbonyl (C=O) groups excluding carboxylic acids is 1. The molecule has 0 aliphatic heterocycles. The van der Waals surface area contributed by atoms with E-state index >= 15 is 0 Å². The molecule has 2 rings (SSSR count). The lowest BCUT2D eigenvalue weighted by atomic mass is 10.3. The van der Waals surface area contributed by atoms with E-state index in [-0.39, 0.29) is 11.6 Å². The van der Waals surface area contributed by atoms with E-state index in [1.54, 1.807) is 13.2 Å².